The van der Waals surface area contributed by atoms with Crippen molar-refractivity contribution >= 4 is 11.8 Å². The van der Waals surface area contributed by atoms with Crippen molar-refractivity contribution < 1.29 is 14.3 Å². The predicted octanol–water partition coefficient (Wildman–Crippen LogP) is 0.240. The maximum Gasteiger partial charge on any atom is 0.251 e. The van der Waals surface area contributed by atoms with Gasteiger partial charge < -0.3 is 15.4 Å². The molecule has 1 aromatic carbocycles. The molecule has 0 aromatic heterocycles. The Balaban J connectivity index is 1.78. The quantitative estimate of drug-likeness (QED) is 0.802. The second kappa shape index (κ2) is 5.64. The molecule has 1 aromatic rings. The molecule has 0 saturated carbocycles. The molecule has 96 valence electrons. The number of carbonyl (C=O) groups excluding carboxylic acids is 2. The summed E-state index contributed by atoms with van der Waals surface area (Å²) in [5, 5.41) is 5.34. The molecule has 0 bridgehead atoms. The van der Waals surface area contributed by atoms with E-state index in [4.69, 9.17) is 4.74 Å². The molecule has 1 saturated heterocycles. The lowest BCUT2D eigenvalue weighted by Gasteiger charge is -2.26. The molecule has 1 heterocycles. The molecule has 1 aliphatic rings. The van der Waals surface area contributed by atoms with Gasteiger partial charge in [0.1, 0.15) is 0 Å². The summed E-state index contributed by atoms with van der Waals surface area (Å²) in [4.78, 5) is 23.2. The summed E-state index contributed by atoms with van der Waals surface area (Å²) in [6.07, 6.45) is 0. The zero-order valence-electron chi connectivity index (χ0n) is 10.2. The van der Waals surface area contributed by atoms with Crippen LogP contribution in [0.4, 0.5) is 0 Å². The van der Waals surface area contributed by atoms with Crippen molar-refractivity contribution in [1.82, 2.24) is 10.6 Å². The van der Waals surface area contributed by atoms with Crippen LogP contribution >= 0.6 is 0 Å². The number of ether oxygens (including phenoxy) is 1. The molecule has 0 unspecified atom stereocenters. The number of amides is 2. The highest BCUT2D eigenvalue weighted by Gasteiger charge is 2.20. The molecule has 2 N–H and O–H groups in total. The van der Waals surface area contributed by atoms with Crippen molar-refractivity contribution in [2.45, 2.75) is 13.0 Å². The maximum atomic E-state index is 11.8. The Morgan fingerprint density at radius 1 is 1.39 bits per heavy atom. The lowest BCUT2D eigenvalue weighted by atomic mass is 10.1. The third-order valence-electron chi connectivity index (χ3n) is 2.69. The lowest BCUT2D eigenvalue weighted by Crippen LogP contribution is -2.51. The van der Waals surface area contributed by atoms with Gasteiger partial charge >= 0.3 is 0 Å². The van der Waals surface area contributed by atoms with Gasteiger partial charge in [-0.25, -0.2) is 0 Å². The summed E-state index contributed by atoms with van der Waals surface area (Å²) in [6, 6.07) is 7.33. The minimum absolute atomic E-state index is 0.0106. The summed E-state index contributed by atoms with van der Waals surface area (Å²) in [5.74, 6) is -0.428. The number of aryl methyl sites for hydroxylation is 1. The van der Waals surface area contributed by atoms with Gasteiger partial charge in [-0.05, 0) is 19.1 Å². The number of carbonyl (C=O) groups is 2. The summed E-state index contributed by atoms with van der Waals surface area (Å²) in [5.41, 5.74) is 1.58. The first-order valence-corrected chi connectivity index (χ1v) is 5.87. The van der Waals surface area contributed by atoms with Crippen LogP contribution in [0.5, 0.6) is 0 Å². The number of hydrogen-bond donors (Lipinski definition) is 2. The molecular weight excluding hydrogens is 232 g/mol. The van der Waals surface area contributed by atoms with Crippen LogP contribution in [0.3, 0.4) is 0 Å². The number of benzene rings is 1. The minimum atomic E-state index is -0.237. The van der Waals surface area contributed by atoms with Crippen molar-refractivity contribution in [2.75, 3.05) is 19.8 Å². The van der Waals surface area contributed by atoms with Crippen molar-refractivity contribution in [1.29, 1.82) is 0 Å². The van der Waals surface area contributed by atoms with Crippen LogP contribution in [0, 0.1) is 6.92 Å². The molecule has 1 aliphatic heterocycles. The van der Waals surface area contributed by atoms with E-state index < -0.39 is 0 Å². The average Bonchev–Trinajstić information content (AvgIpc) is 2.31. The Bertz CT molecular complexity index is 455. The summed E-state index contributed by atoms with van der Waals surface area (Å²) in [6.45, 7) is 3.01. The van der Waals surface area contributed by atoms with E-state index in [2.05, 4.69) is 10.6 Å². The van der Waals surface area contributed by atoms with Crippen LogP contribution in [-0.4, -0.2) is 37.6 Å². The lowest BCUT2D eigenvalue weighted by molar-refractivity contribution is -0.124. The van der Waals surface area contributed by atoms with Crippen LogP contribution in [0.2, 0.25) is 0 Å². The zero-order valence-corrected chi connectivity index (χ0v) is 10.2. The molecule has 18 heavy (non-hydrogen) atoms. The molecule has 5 nitrogen and oxygen atoms in total. The van der Waals surface area contributed by atoms with Gasteiger partial charge in [-0.1, -0.05) is 17.7 Å². The second-order valence-electron chi connectivity index (χ2n) is 4.35. The van der Waals surface area contributed by atoms with Crippen LogP contribution in [-0.2, 0) is 9.53 Å². The standard InChI is InChI=1S/C13H16N2O3/c1-9-3-2-4-10(5-9)13(17)14-6-12(16)15-11-7-18-8-11/h2-5,11H,6-8H2,1H3,(H,14,17)(H,15,16). The van der Waals surface area contributed by atoms with E-state index in [1.807, 2.05) is 19.1 Å². The number of nitrogens with one attached hydrogen (secondary N) is 2. The van der Waals surface area contributed by atoms with Gasteiger partial charge in [-0.3, -0.25) is 9.59 Å². The fourth-order valence-electron chi connectivity index (χ4n) is 1.65. The second-order valence-corrected chi connectivity index (χ2v) is 4.35. The molecule has 2 amide bonds. The maximum absolute atomic E-state index is 11.8. The van der Waals surface area contributed by atoms with Crippen LogP contribution < -0.4 is 10.6 Å². The number of hydrogen-bond acceptors (Lipinski definition) is 3. The van der Waals surface area contributed by atoms with Gasteiger partial charge in [0.15, 0.2) is 0 Å². The van der Waals surface area contributed by atoms with E-state index >= 15 is 0 Å². The fourth-order valence-corrected chi connectivity index (χ4v) is 1.65. The molecule has 2 rings (SSSR count). The average molecular weight is 248 g/mol. The SMILES string of the molecule is Cc1cccc(C(=O)NCC(=O)NC2COC2)c1. The van der Waals surface area contributed by atoms with Crippen LogP contribution in [0.25, 0.3) is 0 Å². The Labute approximate surface area is 106 Å². The van der Waals surface area contributed by atoms with E-state index in [-0.39, 0.29) is 24.4 Å². The van der Waals surface area contributed by atoms with Gasteiger partial charge in [-0.2, -0.15) is 0 Å². The summed E-state index contributed by atoms with van der Waals surface area (Å²) < 4.78 is 4.94. The first-order valence-electron chi connectivity index (χ1n) is 5.87. The van der Waals surface area contributed by atoms with E-state index in [9.17, 15) is 9.59 Å². The predicted molar refractivity (Wildman–Crippen MR) is 66.3 cm³/mol. The Morgan fingerprint density at radius 3 is 2.78 bits per heavy atom. The fraction of sp³-hybridized carbons (Fsp3) is 0.385. The highest BCUT2D eigenvalue weighted by Crippen LogP contribution is 2.03. The topological polar surface area (TPSA) is 67.4 Å². The van der Waals surface area contributed by atoms with Crippen molar-refractivity contribution in [3.63, 3.8) is 0 Å². The third-order valence-corrected chi connectivity index (χ3v) is 2.69. The van der Waals surface area contributed by atoms with E-state index in [0.29, 0.717) is 18.8 Å². The first-order chi connectivity index (χ1) is 8.65. The Hall–Kier alpha value is -1.88. The van der Waals surface area contributed by atoms with Crippen LogP contribution in [0.1, 0.15) is 15.9 Å². The Morgan fingerprint density at radius 2 is 2.17 bits per heavy atom. The van der Waals surface area contributed by atoms with Crippen molar-refractivity contribution in [3.05, 3.63) is 35.4 Å². The van der Waals surface area contributed by atoms with E-state index in [1.54, 1.807) is 12.1 Å². The van der Waals surface area contributed by atoms with E-state index in [0.717, 1.165) is 5.56 Å². The zero-order chi connectivity index (χ0) is 13.0. The van der Waals surface area contributed by atoms with Gasteiger partial charge in [-0.15, -0.1) is 0 Å². The molecule has 0 aliphatic carbocycles. The number of rotatable bonds is 4. The molecule has 0 spiro atoms. The highest BCUT2D eigenvalue weighted by atomic mass is 16.5. The van der Waals surface area contributed by atoms with Gasteiger partial charge in [0.05, 0.1) is 25.8 Å². The van der Waals surface area contributed by atoms with Crippen LogP contribution in [0.15, 0.2) is 24.3 Å². The molecule has 1 fully saturated rings. The minimum Gasteiger partial charge on any atom is -0.377 e. The van der Waals surface area contributed by atoms with Gasteiger partial charge in [0, 0.05) is 5.56 Å². The van der Waals surface area contributed by atoms with Gasteiger partial charge in [0.25, 0.3) is 5.91 Å². The summed E-state index contributed by atoms with van der Waals surface area (Å²) >= 11 is 0. The third kappa shape index (κ3) is 3.30. The molecule has 0 atom stereocenters. The highest BCUT2D eigenvalue weighted by molar-refractivity contribution is 5.96. The van der Waals surface area contributed by atoms with Gasteiger partial charge in [0.2, 0.25) is 5.91 Å². The monoisotopic (exact) mass is 248 g/mol. The van der Waals surface area contributed by atoms with Crippen molar-refractivity contribution in [2.24, 2.45) is 0 Å². The smallest absolute Gasteiger partial charge is 0.251 e. The molecular formula is C13H16N2O3. The normalized spacial score (nSPS) is 14.7. The molecule has 0 radical (unpaired) electrons. The summed E-state index contributed by atoms with van der Waals surface area (Å²) in [7, 11) is 0. The molecule has 5 heteroatoms. The van der Waals surface area contributed by atoms with Crippen molar-refractivity contribution in [3.8, 4) is 0 Å². The first kappa shape index (κ1) is 12.6. The largest absolute Gasteiger partial charge is 0.377 e. The van der Waals surface area contributed by atoms with E-state index in [1.165, 1.54) is 0 Å². The Kier molecular flexibility index (Phi) is 3.94.